The second-order valence-electron chi connectivity index (χ2n) is 17.7. The Balaban J connectivity index is 4.27. The molecule has 0 aromatic carbocycles. The van der Waals surface area contributed by atoms with E-state index in [2.05, 4.69) is 50.3 Å². The van der Waals surface area contributed by atoms with Crippen molar-refractivity contribution in [3.63, 3.8) is 0 Å². The van der Waals surface area contributed by atoms with Gasteiger partial charge < -0.3 is 28.6 Å². The standard InChI is InChI=1S/C51H93NO7/c1-6-8-10-12-14-16-18-20-22-23-24-25-26-28-30-32-34-36-38-40-42-50(54)59-47(45-57-44-43-48(51(55)56)52(3,4)5)46-58-49(53)41-39-37-35-33-31-29-27-21-19-17-15-13-11-9-7-2/h16-20,22,47-48H,6-15,21,23-46H2,1-5H3/b18-16+,19-17+,22-20+. The van der Waals surface area contributed by atoms with Gasteiger partial charge in [-0.25, -0.2) is 0 Å². The molecule has 0 aromatic heterocycles. The predicted octanol–water partition coefficient (Wildman–Crippen LogP) is 12.5. The average Bonchev–Trinajstić information content (AvgIpc) is 3.19. The van der Waals surface area contributed by atoms with E-state index in [4.69, 9.17) is 14.2 Å². The summed E-state index contributed by atoms with van der Waals surface area (Å²) in [6.45, 7) is 4.64. The van der Waals surface area contributed by atoms with Crippen LogP contribution >= 0.6 is 0 Å². The summed E-state index contributed by atoms with van der Waals surface area (Å²) >= 11 is 0. The first-order valence-corrected chi connectivity index (χ1v) is 24.5. The summed E-state index contributed by atoms with van der Waals surface area (Å²) in [6, 6.07) is -0.726. The number of quaternary nitrogens is 1. The van der Waals surface area contributed by atoms with Crippen molar-refractivity contribution in [2.75, 3.05) is 41.0 Å². The summed E-state index contributed by atoms with van der Waals surface area (Å²) in [5.74, 6) is -1.74. The summed E-state index contributed by atoms with van der Waals surface area (Å²) in [5, 5.41) is 11.6. The van der Waals surface area contributed by atoms with Gasteiger partial charge in [0.05, 0.1) is 40.3 Å². The van der Waals surface area contributed by atoms with Gasteiger partial charge in [-0.1, -0.05) is 172 Å². The molecular formula is C51H93NO7. The van der Waals surface area contributed by atoms with Gasteiger partial charge in [0.15, 0.2) is 6.10 Å². The smallest absolute Gasteiger partial charge is 0.306 e. The number of hydrogen-bond acceptors (Lipinski definition) is 7. The number of aliphatic carboxylic acids is 1. The highest BCUT2D eigenvalue weighted by molar-refractivity contribution is 5.70. The molecular weight excluding hydrogens is 739 g/mol. The van der Waals surface area contributed by atoms with E-state index in [9.17, 15) is 19.5 Å². The van der Waals surface area contributed by atoms with Crippen molar-refractivity contribution in [1.29, 1.82) is 0 Å². The number of hydrogen-bond donors (Lipinski definition) is 0. The molecule has 0 saturated heterocycles. The van der Waals surface area contributed by atoms with E-state index in [1.54, 1.807) is 21.1 Å². The van der Waals surface area contributed by atoms with Crippen LogP contribution in [0, 0.1) is 0 Å². The zero-order valence-electron chi connectivity index (χ0n) is 39.2. The summed E-state index contributed by atoms with van der Waals surface area (Å²) in [5.41, 5.74) is 0. The second-order valence-corrected chi connectivity index (χ2v) is 17.7. The molecule has 0 saturated carbocycles. The first kappa shape index (κ1) is 56.5. The molecule has 0 rings (SSSR count). The Labute approximate surface area is 364 Å². The van der Waals surface area contributed by atoms with E-state index in [1.807, 2.05) is 0 Å². The minimum absolute atomic E-state index is 0.0397. The van der Waals surface area contributed by atoms with Crippen LogP contribution in [0.4, 0.5) is 0 Å². The number of nitrogens with zero attached hydrogens (tertiary/aromatic N) is 1. The Morgan fingerprint density at radius 2 is 0.898 bits per heavy atom. The lowest BCUT2D eigenvalue weighted by Crippen LogP contribution is -2.55. The quantitative estimate of drug-likeness (QED) is 0.0198. The van der Waals surface area contributed by atoms with Crippen molar-refractivity contribution in [2.45, 2.75) is 231 Å². The number of carboxylic acids is 1. The maximum atomic E-state index is 12.8. The fourth-order valence-electron chi connectivity index (χ4n) is 7.17. The van der Waals surface area contributed by atoms with Gasteiger partial charge in [0.1, 0.15) is 12.6 Å². The lowest BCUT2D eigenvalue weighted by molar-refractivity contribution is -0.889. The molecule has 344 valence electrons. The van der Waals surface area contributed by atoms with Gasteiger partial charge in [-0.2, -0.15) is 0 Å². The Morgan fingerprint density at radius 1 is 0.508 bits per heavy atom. The molecule has 59 heavy (non-hydrogen) atoms. The Bertz CT molecular complexity index is 1060. The zero-order chi connectivity index (χ0) is 43.5. The van der Waals surface area contributed by atoms with E-state index < -0.39 is 18.1 Å². The third-order valence-corrected chi connectivity index (χ3v) is 11.0. The van der Waals surface area contributed by atoms with Gasteiger partial charge >= 0.3 is 11.9 Å². The van der Waals surface area contributed by atoms with E-state index in [0.29, 0.717) is 12.8 Å². The molecule has 0 N–H and O–H groups in total. The molecule has 0 aromatic rings. The normalized spacial score (nSPS) is 13.2. The fraction of sp³-hybridized carbons (Fsp3) is 0.824. The van der Waals surface area contributed by atoms with Crippen molar-refractivity contribution < 1.29 is 38.2 Å². The van der Waals surface area contributed by atoms with Crippen LogP contribution < -0.4 is 5.11 Å². The number of allylic oxidation sites excluding steroid dienone is 6. The van der Waals surface area contributed by atoms with E-state index in [0.717, 1.165) is 38.5 Å². The second kappa shape index (κ2) is 42.2. The molecule has 0 radical (unpaired) electrons. The van der Waals surface area contributed by atoms with Crippen molar-refractivity contribution in [2.24, 2.45) is 0 Å². The molecule has 0 aliphatic carbocycles. The van der Waals surface area contributed by atoms with Gasteiger partial charge in [-0.3, -0.25) is 9.59 Å². The summed E-state index contributed by atoms with van der Waals surface area (Å²) in [7, 11) is 5.41. The third-order valence-electron chi connectivity index (χ3n) is 11.0. The van der Waals surface area contributed by atoms with Gasteiger partial charge in [0.2, 0.25) is 0 Å². The van der Waals surface area contributed by atoms with E-state index in [-0.39, 0.29) is 42.7 Å². The lowest BCUT2D eigenvalue weighted by Gasteiger charge is -2.34. The number of ether oxygens (including phenoxy) is 3. The number of likely N-dealkylation sites (N-methyl/N-ethyl adjacent to an activating group) is 1. The Morgan fingerprint density at radius 3 is 1.32 bits per heavy atom. The van der Waals surface area contributed by atoms with E-state index >= 15 is 0 Å². The Kier molecular flexibility index (Phi) is 40.5. The van der Waals surface area contributed by atoms with Crippen LogP contribution in [0.15, 0.2) is 36.5 Å². The number of esters is 2. The van der Waals surface area contributed by atoms with Crippen LogP contribution in [-0.4, -0.2) is 75.5 Å². The summed E-state index contributed by atoms with van der Waals surface area (Å²) < 4.78 is 17.2. The van der Waals surface area contributed by atoms with Gasteiger partial charge in [0, 0.05) is 19.3 Å². The maximum absolute atomic E-state index is 12.8. The topological polar surface area (TPSA) is 102 Å². The third kappa shape index (κ3) is 40.7. The van der Waals surface area contributed by atoms with E-state index in [1.165, 1.54) is 148 Å². The minimum atomic E-state index is -1.12. The van der Waals surface area contributed by atoms with Crippen molar-refractivity contribution in [3.8, 4) is 0 Å². The van der Waals surface area contributed by atoms with Gasteiger partial charge in [-0.15, -0.1) is 0 Å². The summed E-state index contributed by atoms with van der Waals surface area (Å²) in [6.07, 6.45) is 48.8. The van der Waals surface area contributed by atoms with Crippen LogP contribution in [0.1, 0.15) is 219 Å². The Hall–Kier alpha value is -2.45. The highest BCUT2D eigenvalue weighted by atomic mass is 16.6. The largest absolute Gasteiger partial charge is 0.544 e. The molecule has 0 fully saturated rings. The monoisotopic (exact) mass is 832 g/mol. The molecule has 0 aliphatic heterocycles. The zero-order valence-corrected chi connectivity index (χ0v) is 39.2. The number of carbonyl (C=O) groups excluding carboxylic acids is 3. The molecule has 8 nitrogen and oxygen atoms in total. The maximum Gasteiger partial charge on any atom is 0.306 e. The van der Waals surface area contributed by atoms with Gasteiger partial charge in [0.25, 0.3) is 0 Å². The van der Waals surface area contributed by atoms with Crippen molar-refractivity contribution in [1.82, 2.24) is 0 Å². The molecule has 0 aliphatic rings. The van der Waals surface area contributed by atoms with Gasteiger partial charge in [-0.05, 0) is 64.2 Å². The molecule has 2 unspecified atom stereocenters. The molecule has 0 heterocycles. The lowest BCUT2D eigenvalue weighted by atomic mass is 10.1. The highest BCUT2D eigenvalue weighted by Gasteiger charge is 2.25. The average molecular weight is 832 g/mol. The number of carbonyl (C=O) groups is 3. The van der Waals surface area contributed by atoms with Crippen molar-refractivity contribution in [3.05, 3.63) is 36.5 Å². The molecule has 2 atom stereocenters. The van der Waals surface area contributed by atoms with Crippen LogP contribution in [0.2, 0.25) is 0 Å². The fourth-order valence-corrected chi connectivity index (χ4v) is 7.17. The van der Waals surface area contributed by atoms with Crippen molar-refractivity contribution >= 4 is 17.9 Å². The first-order chi connectivity index (χ1) is 28.6. The van der Waals surface area contributed by atoms with Crippen LogP contribution in [0.3, 0.4) is 0 Å². The highest BCUT2D eigenvalue weighted by Crippen LogP contribution is 2.15. The first-order valence-electron chi connectivity index (χ1n) is 24.5. The predicted molar refractivity (Wildman–Crippen MR) is 245 cm³/mol. The van der Waals surface area contributed by atoms with Crippen LogP contribution in [0.5, 0.6) is 0 Å². The minimum Gasteiger partial charge on any atom is -0.544 e. The number of rotatable bonds is 44. The number of carboxylic acid groups (broad SMARTS) is 1. The molecule has 0 bridgehead atoms. The van der Waals surface area contributed by atoms with Crippen LogP contribution in [-0.2, 0) is 28.6 Å². The summed E-state index contributed by atoms with van der Waals surface area (Å²) in [4.78, 5) is 37.0. The molecule has 0 amide bonds. The number of unbranched alkanes of at least 4 members (excludes halogenated alkanes) is 25. The van der Waals surface area contributed by atoms with Crippen LogP contribution in [0.25, 0.3) is 0 Å². The molecule has 0 spiro atoms. The molecule has 8 heteroatoms. The SMILES string of the molecule is CCCCCC/C=C/C=C/CCCCCCCCCCCCC(=O)OC(COCCC(C(=O)[O-])[N+](C)(C)C)COC(=O)CCCCCCCCC/C=C/CCCCCC.